The summed E-state index contributed by atoms with van der Waals surface area (Å²) >= 11 is 0. The van der Waals surface area contributed by atoms with Gasteiger partial charge in [0.25, 0.3) is 0 Å². The molecular weight excluding hydrogens is 200 g/mol. The molecule has 0 saturated carbocycles. The summed E-state index contributed by atoms with van der Waals surface area (Å²) in [5.41, 5.74) is 0. The van der Waals surface area contributed by atoms with Crippen molar-refractivity contribution >= 4 is 5.91 Å². The SMILES string of the molecule is C#CCC(CC)NCC(=O)NC(C)C(C)C. The Bertz CT molecular complexity index is 243. The Balaban J connectivity index is 3.84. The van der Waals surface area contributed by atoms with E-state index >= 15 is 0 Å². The average molecular weight is 224 g/mol. The molecule has 2 unspecified atom stereocenters. The summed E-state index contributed by atoms with van der Waals surface area (Å²) in [5.74, 6) is 3.10. The molecule has 0 spiro atoms. The van der Waals surface area contributed by atoms with Gasteiger partial charge in [0.1, 0.15) is 0 Å². The standard InChI is InChI=1S/C13H24N2O/c1-6-8-12(7-2)14-9-13(16)15-11(5)10(3)4/h1,10-12,14H,7-9H2,2-5H3,(H,15,16). The molecule has 0 aromatic heterocycles. The van der Waals surface area contributed by atoms with Gasteiger partial charge in [-0.25, -0.2) is 0 Å². The van der Waals surface area contributed by atoms with Gasteiger partial charge < -0.3 is 10.6 Å². The molecule has 0 rings (SSSR count). The van der Waals surface area contributed by atoms with Crippen LogP contribution in [0.4, 0.5) is 0 Å². The molecule has 0 radical (unpaired) electrons. The van der Waals surface area contributed by atoms with E-state index in [-0.39, 0.29) is 18.0 Å². The molecule has 1 amide bonds. The van der Waals surface area contributed by atoms with Gasteiger partial charge in [0.2, 0.25) is 5.91 Å². The van der Waals surface area contributed by atoms with E-state index in [1.54, 1.807) is 0 Å². The topological polar surface area (TPSA) is 41.1 Å². The molecule has 0 aromatic carbocycles. The minimum atomic E-state index is 0.0386. The second kappa shape index (κ2) is 8.18. The van der Waals surface area contributed by atoms with Crippen LogP contribution in [0.15, 0.2) is 0 Å². The number of rotatable bonds is 7. The Morgan fingerprint density at radius 2 is 2.00 bits per heavy atom. The first-order chi connectivity index (χ1) is 7.51. The van der Waals surface area contributed by atoms with E-state index in [1.807, 2.05) is 6.92 Å². The Labute approximate surface area is 99.4 Å². The average Bonchev–Trinajstić information content (AvgIpc) is 2.23. The second-order valence-corrected chi connectivity index (χ2v) is 4.49. The van der Waals surface area contributed by atoms with E-state index in [4.69, 9.17) is 6.42 Å². The highest BCUT2D eigenvalue weighted by Crippen LogP contribution is 1.99. The van der Waals surface area contributed by atoms with Crippen LogP contribution in [0.1, 0.15) is 40.5 Å². The molecule has 3 nitrogen and oxygen atoms in total. The molecule has 0 fully saturated rings. The third-order valence-electron chi connectivity index (χ3n) is 2.80. The van der Waals surface area contributed by atoms with Crippen molar-refractivity contribution in [3.8, 4) is 12.3 Å². The fourth-order valence-corrected chi connectivity index (χ4v) is 1.21. The molecule has 3 heteroatoms. The van der Waals surface area contributed by atoms with Crippen LogP contribution in [0.2, 0.25) is 0 Å². The van der Waals surface area contributed by atoms with Crippen LogP contribution in [0.5, 0.6) is 0 Å². The smallest absolute Gasteiger partial charge is 0.234 e. The van der Waals surface area contributed by atoms with Gasteiger partial charge in [-0.3, -0.25) is 4.79 Å². The molecule has 0 bridgehead atoms. The number of carbonyl (C=O) groups is 1. The lowest BCUT2D eigenvalue weighted by Crippen LogP contribution is -2.43. The van der Waals surface area contributed by atoms with Gasteiger partial charge in [-0.1, -0.05) is 20.8 Å². The molecular formula is C13H24N2O. The molecule has 0 aliphatic carbocycles. The summed E-state index contributed by atoms with van der Waals surface area (Å²) in [6, 6.07) is 0.451. The van der Waals surface area contributed by atoms with E-state index < -0.39 is 0 Å². The first kappa shape index (κ1) is 15.0. The first-order valence-electron chi connectivity index (χ1n) is 5.97. The number of carbonyl (C=O) groups excluding carboxylic acids is 1. The lowest BCUT2D eigenvalue weighted by molar-refractivity contribution is -0.121. The predicted octanol–water partition coefficient (Wildman–Crippen LogP) is 1.54. The number of terminal acetylenes is 1. The Morgan fingerprint density at radius 3 is 2.44 bits per heavy atom. The predicted molar refractivity (Wildman–Crippen MR) is 68.0 cm³/mol. The van der Waals surface area contributed by atoms with Crippen LogP contribution in [-0.2, 0) is 4.79 Å². The molecule has 92 valence electrons. The zero-order chi connectivity index (χ0) is 12.6. The van der Waals surface area contributed by atoms with Crippen LogP contribution >= 0.6 is 0 Å². The van der Waals surface area contributed by atoms with Crippen molar-refractivity contribution in [1.29, 1.82) is 0 Å². The maximum Gasteiger partial charge on any atom is 0.234 e. The quantitative estimate of drug-likeness (QED) is 0.644. The summed E-state index contributed by atoms with van der Waals surface area (Å²) in [5, 5.41) is 6.11. The largest absolute Gasteiger partial charge is 0.352 e. The van der Waals surface area contributed by atoms with Crippen molar-refractivity contribution in [3.05, 3.63) is 0 Å². The van der Waals surface area contributed by atoms with E-state index in [2.05, 4.69) is 37.3 Å². The maximum absolute atomic E-state index is 11.6. The zero-order valence-corrected chi connectivity index (χ0v) is 10.8. The number of hydrogen-bond donors (Lipinski definition) is 2. The van der Waals surface area contributed by atoms with E-state index in [9.17, 15) is 4.79 Å². The normalized spacial score (nSPS) is 14.2. The zero-order valence-electron chi connectivity index (χ0n) is 10.8. The van der Waals surface area contributed by atoms with Gasteiger partial charge in [-0.05, 0) is 19.3 Å². The second-order valence-electron chi connectivity index (χ2n) is 4.49. The summed E-state index contributed by atoms with van der Waals surface area (Å²) in [6.07, 6.45) is 6.85. The van der Waals surface area contributed by atoms with Crippen molar-refractivity contribution in [2.45, 2.75) is 52.6 Å². The van der Waals surface area contributed by atoms with Gasteiger partial charge in [-0.15, -0.1) is 12.3 Å². The van der Waals surface area contributed by atoms with Gasteiger partial charge in [-0.2, -0.15) is 0 Å². The molecule has 0 heterocycles. The van der Waals surface area contributed by atoms with Crippen molar-refractivity contribution in [1.82, 2.24) is 10.6 Å². The molecule has 0 aliphatic rings. The van der Waals surface area contributed by atoms with Crippen LogP contribution < -0.4 is 10.6 Å². The van der Waals surface area contributed by atoms with Crippen molar-refractivity contribution in [2.75, 3.05) is 6.54 Å². The highest BCUT2D eigenvalue weighted by atomic mass is 16.1. The van der Waals surface area contributed by atoms with Crippen molar-refractivity contribution < 1.29 is 4.79 Å². The molecule has 16 heavy (non-hydrogen) atoms. The van der Waals surface area contributed by atoms with Gasteiger partial charge in [0.15, 0.2) is 0 Å². The minimum absolute atomic E-state index is 0.0386. The van der Waals surface area contributed by atoms with Crippen LogP contribution in [0.3, 0.4) is 0 Å². The molecule has 2 N–H and O–H groups in total. The van der Waals surface area contributed by atoms with E-state index in [1.165, 1.54) is 0 Å². The summed E-state index contributed by atoms with van der Waals surface area (Å²) in [6.45, 7) is 8.60. The lowest BCUT2D eigenvalue weighted by Gasteiger charge is -2.19. The highest BCUT2D eigenvalue weighted by Gasteiger charge is 2.11. The fraction of sp³-hybridized carbons (Fsp3) is 0.769. The Morgan fingerprint density at radius 1 is 1.38 bits per heavy atom. The highest BCUT2D eigenvalue weighted by molar-refractivity contribution is 5.78. The van der Waals surface area contributed by atoms with E-state index in [0.29, 0.717) is 18.9 Å². The summed E-state index contributed by atoms with van der Waals surface area (Å²) in [7, 11) is 0. The summed E-state index contributed by atoms with van der Waals surface area (Å²) < 4.78 is 0. The van der Waals surface area contributed by atoms with Crippen LogP contribution in [0, 0.1) is 18.3 Å². The van der Waals surface area contributed by atoms with Gasteiger partial charge in [0.05, 0.1) is 6.54 Å². The number of amides is 1. The third-order valence-corrected chi connectivity index (χ3v) is 2.80. The van der Waals surface area contributed by atoms with Crippen LogP contribution in [-0.4, -0.2) is 24.5 Å². The van der Waals surface area contributed by atoms with Crippen LogP contribution in [0.25, 0.3) is 0 Å². The van der Waals surface area contributed by atoms with Crippen molar-refractivity contribution in [2.24, 2.45) is 5.92 Å². The van der Waals surface area contributed by atoms with E-state index in [0.717, 1.165) is 6.42 Å². The summed E-state index contributed by atoms with van der Waals surface area (Å²) in [4.78, 5) is 11.6. The maximum atomic E-state index is 11.6. The monoisotopic (exact) mass is 224 g/mol. The molecule has 0 aliphatic heterocycles. The number of nitrogens with one attached hydrogen (secondary N) is 2. The number of hydrogen-bond acceptors (Lipinski definition) is 2. The van der Waals surface area contributed by atoms with Gasteiger partial charge >= 0.3 is 0 Å². The lowest BCUT2D eigenvalue weighted by atomic mass is 10.1. The van der Waals surface area contributed by atoms with Crippen molar-refractivity contribution in [3.63, 3.8) is 0 Å². The Hall–Kier alpha value is -1.01. The third kappa shape index (κ3) is 6.47. The minimum Gasteiger partial charge on any atom is -0.352 e. The fourth-order valence-electron chi connectivity index (χ4n) is 1.21. The molecule has 0 aromatic rings. The van der Waals surface area contributed by atoms with Gasteiger partial charge in [0, 0.05) is 18.5 Å². The first-order valence-corrected chi connectivity index (χ1v) is 5.97. The molecule has 0 saturated heterocycles. The molecule has 2 atom stereocenters. The Kier molecular flexibility index (Phi) is 7.66.